The number of fused-ring (bicyclic) bond motifs is 1. The van der Waals surface area contributed by atoms with Crippen LogP contribution in [0.5, 0.6) is 0 Å². The van der Waals surface area contributed by atoms with E-state index in [1.807, 2.05) is 36.1 Å². The van der Waals surface area contributed by atoms with Gasteiger partial charge in [-0.3, -0.25) is 19.4 Å². The van der Waals surface area contributed by atoms with Gasteiger partial charge < -0.3 is 4.90 Å². The Balaban J connectivity index is 1.21. The second kappa shape index (κ2) is 12.1. The van der Waals surface area contributed by atoms with Gasteiger partial charge in [0.15, 0.2) is 0 Å². The lowest BCUT2D eigenvalue weighted by molar-refractivity contribution is 0.0761. The van der Waals surface area contributed by atoms with Crippen LogP contribution in [0.3, 0.4) is 0 Å². The van der Waals surface area contributed by atoms with Gasteiger partial charge in [-0.15, -0.1) is 0 Å². The quantitative estimate of drug-likeness (QED) is 0.309. The summed E-state index contributed by atoms with van der Waals surface area (Å²) in [4.78, 5) is 21.7. The fraction of sp³-hybridized carbons (Fsp3) is 0.290. The number of halogens is 1. The van der Waals surface area contributed by atoms with Crippen LogP contribution in [0, 0.1) is 5.82 Å². The molecule has 1 fully saturated rings. The molecule has 2 heterocycles. The third-order valence-electron chi connectivity index (χ3n) is 7.18. The minimum absolute atomic E-state index is 0.0819. The number of hydrogen-bond donors (Lipinski definition) is 1. The van der Waals surface area contributed by atoms with Crippen LogP contribution in [0.2, 0.25) is 0 Å². The van der Waals surface area contributed by atoms with Crippen molar-refractivity contribution in [2.45, 2.75) is 37.6 Å². The number of pyridine rings is 1. The Bertz CT molecular complexity index is 1600. The molecule has 0 aliphatic carbocycles. The summed E-state index contributed by atoms with van der Waals surface area (Å²) in [6.45, 7) is 5.58. The van der Waals surface area contributed by atoms with E-state index >= 15 is 0 Å². The van der Waals surface area contributed by atoms with Gasteiger partial charge in [-0.1, -0.05) is 43.7 Å². The molecular formula is C31H33FN4O3S. The number of para-hydroxylation sites is 1. The van der Waals surface area contributed by atoms with Gasteiger partial charge in [0, 0.05) is 55.6 Å². The number of rotatable bonds is 8. The Morgan fingerprint density at radius 3 is 2.58 bits per heavy atom. The maximum atomic E-state index is 14.0. The molecule has 208 valence electrons. The van der Waals surface area contributed by atoms with Crippen LogP contribution < -0.4 is 4.72 Å². The average Bonchev–Trinajstić information content (AvgIpc) is 3.20. The Kier molecular flexibility index (Phi) is 8.42. The number of hydrogen-bond acceptors (Lipinski definition) is 5. The topological polar surface area (TPSA) is 82.6 Å². The van der Waals surface area contributed by atoms with Gasteiger partial charge in [0.05, 0.1) is 5.52 Å². The molecule has 0 spiro atoms. The monoisotopic (exact) mass is 560 g/mol. The van der Waals surface area contributed by atoms with Crippen molar-refractivity contribution >= 4 is 32.5 Å². The molecule has 40 heavy (non-hydrogen) atoms. The molecule has 0 atom stereocenters. The largest absolute Gasteiger partial charge is 0.337 e. The highest BCUT2D eigenvalue weighted by Crippen LogP contribution is 2.24. The Morgan fingerprint density at radius 1 is 0.975 bits per heavy atom. The normalized spacial score (nSPS) is 14.7. The Labute approximate surface area is 234 Å². The van der Waals surface area contributed by atoms with Crippen LogP contribution in [0.1, 0.15) is 41.3 Å². The predicted octanol–water partition coefficient (Wildman–Crippen LogP) is 5.48. The summed E-state index contributed by atoms with van der Waals surface area (Å²) < 4.78 is 42.9. The third kappa shape index (κ3) is 6.32. The van der Waals surface area contributed by atoms with Gasteiger partial charge in [0.1, 0.15) is 10.7 Å². The molecule has 1 aromatic heterocycles. The van der Waals surface area contributed by atoms with Gasteiger partial charge in [-0.05, 0) is 66.4 Å². The van der Waals surface area contributed by atoms with Crippen LogP contribution in [0.4, 0.5) is 10.1 Å². The molecule has 0 unspecified atom stereocenters. The predicted molar refractivity (Wildman–Crippen MR) is 155 cm³/mol. The number of carbonyl (C=O) groups is 1. The Hall–Kier alpha value is -3.82. The number of sulfonamides is 1. The lowest BCUT2D eigenvalue weighted by atomic mass is 10.1. The number of nitrogens with one attached hydrogen (secondary N) is 1. The van der Waals surface area contributed by atoms with Gasteiger partial charge in [0.2, 0.25) is 0 Å². The first-order valence-corrected chi connectivity index (χ1v) is 15.1. The number of nitrogens with zero attached hydrogens (tertiary/aromatic N) is 3. The second-order valence-electron chi connectivity index (χ2n) is 10.1. The minimum Gasteiger partial charge on any atom is -0.337 e. The summed E-state index contributed by atoms with van der Waals surface area (Å²) in [5.41, 5.74) is 3.12. The number of aryl methyl sites for hydroxylation is 1. The van der Waals surface area contributed by atoms with Crippen molar-refractivity contribution in [1.82, 2.24) is 14.8 Å². The molecule has 1 N–H and O–H groups in total. The van der Waals surface area contributed by atoms with Crippen molar-refractivity contribution < 1.29 is 17.6 Å². The van der Waals surface area contributed by atoms with Crippen molar-refractivity contribution in [3.63, 3.8) is 0 Å². The summed E-state index contributed by atoms with van der Waals surface area (Å²) in [6.07, 6.45) is 4.03. The average molecular weight is 561 g/mol. The van der Waals surface area contributed by atoms with E-state index in [4.69, 9.17) is 0 Å². The standard InChI is InChI=1S/C31H33FN4O3S/c1-2-6-26-21-23(10-15-28(26)32)22-35-17-5-18-36(20-19-35)31(37)25-11-13-27(14-12-25)34-40(38,39)29-9-3-7-24-8-4-16-33-30(24)29/h3-4,7-16,21,34H,2,5-6,17-20,22H2,1H3. The van der Waals surface area contributed by atoms with E-state index in [0.29, 0.717) is 29.9 Å². The smallest absolute Gasteiger partial charge is 0.264 e. The van der Waals surface area contributed by atoms with Gasteiger partial charge in [-0.25, -0.2) is 12.8 Å². The molecule has 0 radical (unpaired) electrons. The zero-order chi connectivity index (χ0) is 28.1. The highest BCUT2D eigenvalue weighted by atomic mass is 32.2. The highest BCUT2D eigenvalue weighted by molar-refractivity contribution is 7.93. The van der Waals surface area contributed by atoms with Crippen LogP contribution in [0.25, 0.3) is 10.9 Å². The zero-order valence-corrected chi connectivity index (χ0v) is 23.3. The minimum atomic E-state index is -3.87. The first-order chi connectivity index (χ1) is 19.3. The number of carbonyl (C=O) groups excluding carboxylic acids is 1. The van der Waals surface area contributed by atoms with E-state index in [1.54, 1.807) is 48.7 Å². The molecule has 1 aliphatic heterocycles. The van der Waals surface area contributed by atoms with Crippen molar-refractivity contribution in [1.29, 1.82) is 0 Å². The van der Waals surface area contributed by atoms with E-state index in [-0.39, 0.29) is 16.6 Å². The third-order valence-corrected chi connectivity index (χ3v) is 8.59. The molecule has 1 aliphatic rings. The van der Waals surface area contributed by atoms with E-state index < -0.39 is 10.0 Å². The van der Waals surface area contributed by atoms with E-state index in [1.165, 1.54) is 6.07 Å². The maximum absolute atomic E-state index is 14.0. The summed E-state index contributed by atoms with van der Waals surface area (Å²) >= 11 is 0. The van der Waals surface area contributed by atoms with E-state index in [9.17, 15) is 17.6 Å². The van der Waals surface area contributed by atoms with Gasteiger partial charge in [0.25, 0.3) is 15.9 Å². The number of amides is 1. The maximum Gasteiger partial charge on any atom is 0.264 e. The van der Waals surface area contributed by atoms with Gasteiger partial charge >= 0.3 is 0 Å². The molecule has 9 heteroatoms. The van der Waals surface area contributed by atoms with Crippen molar-refractivity contribution in [2.24, 2.45) is 0 Å². The summed E-state index contributed by atoms with van der Waals surface area (Å²) in [5.74, 6) is -0.232. The fourth-order valence-electron chi connectivity index (χ4n) is 5.14. The highest BCUT2D eigenvalue weighted by Gasteiger charge is 2.22. The number of aromatic nitrogens is 1. The van der Waals surface area contributed by atoms with Crippen molar-refractivity contribution in [2.75, 3.05) is 30.9 Å². The van der Waals surface area contributed by atoms with Crippen LogP contribution in [-0.4, -0.2) is 55.3 Å². The summed E-state index contributed by atoms with van der Waals surface area (Å²) in [5, 5.41) is 0.737. The number of benzene rings is 3. The van der Waals surface area contributed by atoms with Crippen LogP contribution in [-0.2, 0) is 23.0 Å². The zero-order valence-electron chi connectivity index (χ0n) is 22.5. The van der Waals surface area contributed by atoms with Crippen LogP contribution >= 0.6 is 0 Å². The molecule has 7 nitrogen and oxygen atoms in total. The lowest BCUT2D eigenvalue weighted by Gasteiger charge is -2.22. The molecule has 3 aromatic carbocycles. The summed E-state index contributed by atoms with van der Waals surface area (Å²) in [7, 11) is -3.87. The first kappa shape index (κ1) is 27.7. The van der Waals surface area contributed by atoms with Gasteiger partial charge in [-0.2, -0.15) is 0 Å². The molecular weight excluding hydrogens is 527 g/mol. The SMILES string of the molecule is CCCc1cc(CN2CCCN(C(=O)c3ccc(NS(=O)(=O)c4cccc5cccnc45)cc3)CC2)ccc1F. The van der Waals surface area contributed by atoms with Crippen molar-refractivity contribution in [3.8, 4) is 0 Å². The molecule has 0 saturated carbocycles. The molecule has 0 bridgehead atoms. The molecule has 1 saturated heterocycles. The van der Waals surface area contributed by atoms with E-state index in [2.05, 4.69) is 14.6 Å². The molecule has 5 rings (SSSR count). The lowest BCUT2D eigenvalue weighted by Crippen LogP contribution is -2.35. The number of anilines is 1. The van der Waals surface area contributed by atoms with E-state index in [0.717, 1.165) is 55.4 Å². The second-order valence-corrected chi connectivity index (χ2v) is 11.8. The first-order valence-electron chi connectivity index (χ1n) is 13.6. The van der Waals surface area contributed by atoms with Crippen molar-refractivity contribution in [3.05, 3.63) is 102 Å². The van der Waals surface area contributed by atoms with Crippen LogP contribution in [0.15, 0.2) is 83.9 Å². The fourth-order valence-corrected chi connectivity index (χ4v) is 6.38. The molecule has 1 amide bonds. The molecule has 4 aromatic rings. The summed E-state index contributed by atoms with van der Waals surface area (Å²) in [6, 6.07) is 20.5. The Morgan fingerprint density at radius 2 is 1.77 bits per heavy atom.